The predicted octanol–water partition coefficient (Wildman–Crippen LogP) is 1.33. The lowest BCUT2D eigenvalue weighted by atomic mass is 10.1. The minimum Gasteiger partial charge on any atom is -0.314 e. The zero-order valence-electron chi connectivity index (χ0n) is 8.25. The molecule has 0 bridgehead atoms. The quantitative estimate of drug-likeness (QED) is 0.668. The Bertz CT molecular complexity index is 186. The van der Waals surface area contributed by atoms with Gasteiger partial charge in [-0.05, 0) is 25.3 Å². The van der Waals surface area contributed by atoms with Gasteiger partial charge in [-0.2, -0.15) is 0 Å². The molecule has 2 atom stereocenters. The van der Waals surface area contributed by atoms with Crippen molar-refractivity contribution in [2.24, 2.45) is 5.92 Å². The average molecular weight is 223 g/mol. The van der Waals surface area contributed by atoms with Crippen molar-refractivity contribution in [2.45, 2.75) is 31.9 Å². The smallest absolute Gasteiger partial charge is 0.155 e. The van der Waals surface area contributed by atoms with Crippen LogP contribution in [0.5, 0.6) is 0 Å². The first-order valence-electron chi connectivity index (χ1n) is 5.10. The highest BCUT2D eigenvalue weighted by Gasteiger charge is 2.15. The Morgan fingerprint density at radius 3 is 2.71 bits per heavy atom. The summed E-state index contributed by atoms with van der Waals surface area (Å²) in [6.07, 6.45) is 3.83. The summed E-state index contributed by atoms with van der Waals surface area (Å²) in [5.74, 6) is 0.402. The van der Waals surface area contributed by atoms with Crippen LogP contribution < -0.4 is 5.32 Å². The van der Waals surface area contributed by atoms with Crippen molar-refractivity contribution >= 4 is 11.1 Å². The second-order valence-electron chi connectivity index (χ2n) is 3.89. The van der Waals surface area contributed by atoms with E-state index in [1.54, 1.807) is 0 Å². The first-order valence-corrected chi connectivity index (χ1v) is 6.38. The van der Waals surface area contributed by atoms with Crippen LogP contribution in [-0.2, 0) is 11.1 Å². The maximum Gasteiger partial charge on any atom is 0.155 e. The molecule has 84 valence electrons. The molecular formula is C9H18FNO2S. The Balaban J connectivity index is 1.99. The topological polar surface area (TPSA) is 49.3 Å². The van der Waals surface area contributed by atoms with Gasteiger partial charge in [0.1, 0.15) is 6.17 Å². The Labute approximate surface area is 86.7 Å². The van der Waals surface area contributed by atoms with E-state index in [1.807, 2.05) is 0 Å². The van der Waals surface area contributed by atoms with Gasteiger partial charge in [0.05, 0.1) is 5.75 Å². The van der Waals surface area contributed by atoms with Crippen LogP contribution in [0.3, 0.4) is 0 Å². The minimum atomic E-state index is -2.02. The summed E-state index contributed by atoms with van der Waals surface area (Å²) >= 11 is -2.02. The van der Waals surface area contributed by atoms with Crippen LogP contribution in [0.2, 0.25) is 0 Å². The summed E-state index contributed by atoms with van der Waals surface area (Å²) < 4.78 is 31.6. The largest absolute Gasteiger partial charge is 0.314 e. The highest BCUT2D eigenvalue weighted by atomic mass is 32.2. The van der Waals surface area contributed by atoms with Gasteiger partial charge in [-0.3, -0.25) is 0 Å². The molecule has 2 N–H and O–H groups in total. The van der Waals surface area contributed by atoms with Crippen LogP contribution in [0.4, 0.5) is 4.39 Å². The van der Waals surface area contributed by atoms with Gasteiger partial charge in [0.2, 0.25) is 0 Å². The summed E-state index contributed by atoms with van der Waals surface area (Å²) in [7, 11) is 0. The van der Waals surface area contributed by atoms with Crippen molar-refractivity contribution in [2.75, 3.05) is 18.8 Å². The first kappa shape index (κ1) is 12.1. The number of rotatable bonds is 6. The number of halogens is 1. The van der Waals surface area contributed by atoms with Crippen LogP contribution in [0.25, 0.3) is 0 Å². The van der Waals surface area contributed by atoms with Crippen LogP contribution in [0.1, 0.15) is 25.7 Å². The van der Waals surface area contributed by atoms with E-state index in [0.29, 0.717) is 5.92 Å². The van der Waals surface area contributed by atoms with Gasteiger partial charge in [0.15, 0.2) is 11.1 Å². The monoisotopic (exact) mass is 223 g/mol. The van der Waals surface area contributed by atoms with Crippen molar-refractivity contribution in [3.05, 3.63) is 0 Å². The predicted molar refractivity (Wildman–Crippen MR) is 55.4 cm³/mol. The van der Waals surface area contributed by atoms with Crippen LogP contribution >= 0.6 is 0 Å². The van der Waals surface area contributed by atoms with E-state index in [0.717, 1.165) is 6.54 Å². The molecule has 1 saturated carbocycles. The molecule has 0 saturated heterocycles. The standard InChI is InChI=1S/C9H18FNO2S/c10-9(7-14(12)13)6-11-5-8-3-1-2-4-8/h8-9,11H,1-7H2,(H,12,13)/t9-/m0/s1. The molecule has 0 aliphatic heterocycles. The normalized spacial score (nSPS) is 22.4. The van der Waals surface area contributed by atoms with Crippen LogP contribution in [0, 0.1) is 5.92 Å². The third-order valence-electron chi connectivity index (χ3n) is 2.60. The SMILES string of the molecule is O=S(O)C[C@@H](F)CNCC1CCCC1. The van der Waals surface area contributed by atoms with Gasteiger partial charge >= 0.3 is 0 Å². The van der Waals surface area contributed by atoms with Crippen molar-refractivity contribution in [3.63, 3.8) is 0 Å². The Morgan fingerprint density at radius 1 is 1.50 bits per heavy atom. The first-order chi connectivity index (χ1) is 6.68. The third kappa shape index (κ3) is 5.02. The van der Waals surface area contributed by atoms with E-state index < -0.39 is 17.3 Å². The highest BCUT2D eigenvalue weighted by Crippen LogP contribution is 2.23. The lowest BCUT2D eigenvalue weighted by Crippen LogP contribution is -2.30. The third-order valence-corrected chi connectivity index (χ3v) is 3.24. The lowest BCUT2D eigenvalue weighted by Gasteiger charge is -2.11. The Morgan fingerprint density at radius 2 is 2.14 bits per heavy atom. The summed E-state index contributed by atoms with van der Waals surface area (Å²) in [4.78, 5) is 0. The van der Waals surface area contributed by atoms with Gasteiger partial charge in [0, 0.05) is 6.54 Å². The molecule has 1 unspecified atom stereocenters. The molecule has 0 aromatic carbocycles. The Kier molecular flexibility index (Phi) is 5.59. The van der Waals surface area contributed by atoms with E-state index in [2.05, 4.69) is 5.32 Å². The van der Waals surface area contributed by atoms with Crippen molar-refractivity contribution in [1.29, 1.82) is 0 Å². The molecule has 0 heterocycles. The van der Waals surface area contributed by atoms with E-state index in [-0.39, 0.29) is 12.3 Å². The van der Waals surface area contributed by atoms with E-state index in [1.165, 1.54) is 25.7 Å². The molecule has 0 amide bonds. The molecule has 1 aliphatic rings. The second kappa shape index (κ2) is 6.48. The molecule has 1 rings (SSSR count). The fraction of sp³-hybridized carbons (Fsp3) is 1.00. The van der Waals surface area contributed by atoms with Gasteiger partial charge in [-0.15, -0.1) is 0 Å². The number of alkyl halides is 1. The summed E-state index contributed by atoms with van der Waals surface area (Å²) in [5.41, 5.74) is 0. The molecule has 14 heavy (non-hydrogen) atoms. The molecule has 1 aliphatic carbocycles. The molecule has 5 heteroatoms. The van der Waals surface area contributed by atoms with Crippen molar-refractivity contribution < 1.29 is 13.2 Å². The van der Waals surface area contributed by atoms with Gasteiger partial charge in [0.25, 0.3) is 0 Å². The molecule has 0 radical (unpaired) electrons. The summed E-state index contributed by atoms with van der Waals surface area (Å²) in [6, 6.07) is 0. The fourth-order valence-electron chi connectivity index (χ4n) is 1.87. The molecule has 1 fully saturated rings. The second-order valence-corrected chi connectivity index (χ2v) is 4.87. The van der Waals surface area contributed by atoms with E-state index in [9.17, 15) is 8.60 Å². The van der Waals surface area contributed by atoms with E-state index in [4.69, 9.17) is 4.55 Å². The maximum absolute atomic E-state index is 12.9. The fourth-order valence-corrected chi connectivity index (χ4v) is 2.30. The van der Waals surface area contributed by atoms with Crippen molar-refractivity contribution in [3.8, 4) is 0 Å². The van der Waals surface area contributed by atoms with Gasteiger partial charge in [-0.25, -0.2) is 8.60 Å². The number of hydrogen-bond acceptors (Lipinski definition) is 2. The van der Waals surface area contributed by atoms with Gasteiger partial charge < -0.3 is 9.87 Å². The van der Waals surface area contributed by atoms with Crippen LogP contribution in [-0.4, -0.2) is 33.8 Å². The van der Waals surface area contributed by atoms with E-state index >= 15 is 0 Å². The maximum atomic E-state index is 12.9. The summed E-state index contributed by atoms with van der Waals surface area (Å²) in [6.45, 7) is 1.04. The molecular weight excluding hydrogens is 205 g/mol. The summed E-state index contributed by atoms with van der Waals surface area (Å²) in [5, 5.41) is 3.01. The van der Waals surface area contributed by atoms with Crippen molar-refractivity contribution in [1.82, 2.24) is 5.32 Å². The zero-order valence-corrected chi connectivity index (χ0v) is 9.06. The molecule has 3 nitrogen and oxygen atoms in total. The zero-order chi connectivity index (χ0) is 10.4. The van der Waals surface area contributed by atoms with Gasteiger partial charge in [-0.1, -0.05) is 12.8 Å². The highest BCUT2D eigenvalue weighted by molar-refractivity contribution is 7.79. The molecule has 0 aromatic heterocycles. The number of nitrogens with one attached hydrogen (secondary N) is 1. The number of hydrogen-bond donors (Lipinski definition) is 2. The van der Waals surface area contributed by atoms with Crippen LogP contribution in [0.15, 0.2) is 0 Å². The Hall–Kier alpha value is -0.0000000000000000486. The lowest BCUT2D eigenvalue weighted by molar-refractivity contribution is 0.334. The molecule has 0 spiro atoms. The molecule has 0 aromatic rings. The minimum absolute atomic E-state index is 0.197. The average Bonchev–Trinajstić information content (AvgIpc) is 2.55.